The number of alkyl halides is 3. The van der Waals surface area contributed by atoms with Crippen molar-refractivity contribution in [3.8, 4) is 5.69 Å². The molecule has 0 radical (unpaired) electrons. The lowest BCUT2D eigenvalue weighted by Crippen LogP contribution is -2.54. The summed E-state index contributed by atoms with van der Waals surface area (Å²) in [6, 6.07) is 3.49. The van der Waals surface area contributed by atoms with E-state index < -0.39 is 36.0 Å². The zero-order chi connectivity index (χ0) is 19.8. The van der Waals surface area contributed by atoms with Gasteiger partial charge in [0.2, 0.25) is 0 Å². The molecule has 2 N–H and O–H groups in total. The van der Waals surface area contributed by atoms with Crippen molar-refractivity contribution in [2.75, 3.05) is 18.1 Å². The highest BCUT2D eigenvalue weighted by Crippen LogP contribution is 2.28. The number of carbonyl (C=O) groups excluding carboxylic acids is 1. The molecule has 1 saturated heterocycles. The minimum atomic E-state index is -4.62. The molecule has 3 rings (SSSR count). The second-order valence-corrected chi connectivity index (χ2v) is 5.58. The second kappa shape index (κ2) is 6.96. The molecule has 2 aromatic rings. The van der Waals surface area contributed by atoms with Gasteiger partial charge in [0.15, 0.2) is 18.0 Å². The Morgan fingerprint density at radius 3 is 2.78 bits per heavy atom. The van der Waals surface area contributed by atoms with Crippen LogP contribution in [0.4, 0.5) is 19.0 Å². The van der Waals surface area contributed by atoms with Gasteiger partial charge in [0.1, 0.15) is 5.69 Å². The van der Waals surface area contributed by atoms with Crippen LogP contribution in [0.25, 0.3) is 5.69 Å². The van der Waals surface area contributed by atoms with E-state index in [1.54, 1.807) is 0 Å². The fourth-order valence-electron chi connectivity index (χ4n) is 2.51. The summed E-state index contributed by atoms with van der Waals surface area (Å²) in [5.74, 6) is -2.35. The number of rotatable bonds is 4. The average Bonchev–Trinajstić information content (AvgIpc) is 3.10. The Hall–Kier alpha value is -2.99. The van der Waals surface area contributed by atoms with E-state index in [4.69, 9.17) is 9.84 Å². The molecule has 12 heteroatoms. The SMILES string of the molecule is O=C(O)C(O)C1OCCN(c2ccn(-c3ccnc(C(F)(F)F)c3)n2)C1=O. The maximum Gasteiger partial charge on any atom is 0.433 e. The van der Waals surface area contributed by atoms with Gasteiger partial charge >= 0.3 is 12.1 Å². The van der Waals surface area contributed by atoms with Gasteiger partial charge in [-0.25, -0.2) is 9.48 Å². The van der Waals surface area contributed by atoms with Gasteiger partial charge in [0, 0.05) is 18.5 Å². The van der Waals surface area contributed by atoms with Gasteiger partial charge in [-0.15, -0.1) is 5.10 Å². The number of nitrogens with zero attached hydrogens (tertiary/aromatic N) is 4. The highest BCUT2D eigenvalue weighted by Gasteiger charge is 2.40. The first-order valence-corrected chi connectivity index (χ1v) is 7.61. The van der Waals surface area contributed by atoms with Gasteiger partial charge in [-0.1, -0.05) is 0 Å². The number of carboxylic acid groups (broad SMARTS) is 1. The maximum atomic E-state index is 12.8. The Labute approximate surface area is 149 Å². The standard InChI is InChI=1S/C15H13F3N4O5/c16-15(17,18)9-7-8(1-3-19-9)22-4-2-10(20-22)21-5-6-27-12(13(21)24)11(23)14(25)26/h1-4,7,11-12,23H,5-6H2,(H,25,26). The number of morpholine rings is 1. The molecular formula is C15H13F3N4O5. The van der Waals surface area contributed by atoms with Gasteiger partial charge in [-0.2, -0.15) is 13.2 Å². The van der Waals surface area contributed by atoms with Crippen LogP contribution in [-0.2, 0) is 20.5 Å². The lowest BCUT2D eigenvalue weighted by Gasteiger charge is -2.31. The van der Waals surface area contributed by atoms with Crippen molar-refractivity contribution in [3.63, 3.8) is 0 Å². The Morgan fingerprint density at radius 1 is 1.37 bits per heavy atom. The van der Waals surface area contributed by atoms with E-state index in [9.17, 15) is 27.9 Å². The molecule has 0 aromatic carbocycles. The lowest BCUT2D eigenvalue weighted by molar-refractivity contribution is -0.163. The van der Waals surface area contributed by atoms with E-state index in [0.29, 0.717) is 0 Å². The number of carbonyl (C=O) groups is 2. The first-order valence-electron chi connectivity index (χ1n) is 7.61. The minimum absolute atomic E-state index is 0.0406. The molecule has 2 atom stereocenters. The van der Waals surface area contributed by atoms with Crippen LogP contribution in [0.5, 0.6) is 0 Å². The number of hydrogen-bond donors (Lipinski definition) is 2. The van der Waals surface area contributed by atoms with Crippen LogP contribution in [0.3, 0.4) is 0 Å². The molecule has 1 aliphatic heterocycles. The number of halogens is 3. The number of aliphatic carboxylic acids is 1. The van der Waals surface area contributed by atoms with E-state index in [1.165, 1.54) is 18.3 Å². The summed E-state index contributed by atoms with van der Waals surface area (Å²) in [5.41, 5.74) is -1.02. The lowest BCUT2D eigenvalue weighted by atomic mass is 10.1. The number of ether oxygens (including phenoxy) is 1. The third-order valence-electron chi connectivity index (χ3n) is 3.81. The van der Waals surface area contributed by atoms with Crippen LogP contribution >= 0.6 is 0 Å². The Morgan fingerprint density at radius 2 is 2.11 bits per heavy atom. The van der Waals surface area contributed by atoms with Gasteiger partial charge in [0.25, 0.3) is 5.91 Å². The summed E-state index contributed by atoms with van der Waals surface area (Å²) in [7, 11) is 0. The molecule has 9 nitrogen and oxygen atoms in total. The smallest absolute Gasteiger partial charge is 0.433 e. The van der Waals surface area contributed by atoms with E-state index >= 15 is 0 Å². The van der Waals surface area contributed by atoms with Crippen LogP contribution in [-0.4, -0.2) is 62.2 Å². The van der Waals surface area contributed by atoms with Crippen molar-refractivity contribution in [1.29, 1.82) is 0 Å². The number of aromatic nitrogens is 3. The number of carboxylic acids is 1. The van der Waals surface area contributed by atoms with E-state index in [-0.39, 0.29) is 24.7 Å². The molecule has 2 aromatic heterocycles. The summed E-state index contributed by atoms with van der Waals surface area (Å²) in [4.78, 5) is 27.6. The molecule has 1 amide bonds. The van der Waals surface area contributed by atoms with Crippen LogP contribution in [0.2, 0.25) is 0 Å². The molecule has 1 fully saturated rings. The maximum absolute atomic E-state index is 12.8. The molecule has 27 heavy (non-hydrogen) atoms. The van der Waals surface area contributed by atoms with Crippen LogP contribution in [0.15, 0.2) is 30.6 Å². The van der Waals surface area contributed by atoms with Crippen molar-refractivity contribution in [2.45, 2.75) is 18.4 Å². The van der Waals surface area contributed by atoms with Crippen LogP contribution in [0, 0.1) is 0 Å². The summed E-state index contributed by atoms with van der Waals surface area (Å²) in [6.45, 7) is 0.00389. The molecule has 0 spiro atoms. The highest BCUT2D eigenvalue weighted by molar-refractivity contribution is 5.99. The number of aliphatic hydroxyl groups is 1. The summed E-state index contributed by atoms with van der Waals surface area (Å²) < 4.78 is 44.5. The topological polar surface area (TPSA) is 118 Å². The predicted molar refractivity (Wildman–Crippen MR) is 82.1 cm³/mol. The summed E-state index contributed by atoms with van der Waals surface area (Å²) in [6.07, 6.45) is -5.93. The third-order valence-corrected chi connectivity index (χ3v) is 3.81. The molecule has 3 heterocycles. The first kappa shape index (κ1) is 18.8. The van der Waals surface area contributed by atoms with Crippen molar-refractivity contribution < 1.29 is 37.7 Å². The predicted octanol–water partition coefficient (Wildman–Crippen LogP) is 0.463. The Bertz CT molecular complexity index is 869. The first-order chi connectivity index (χ1) is 12.7. The number of amides is 1. The Balaban J connectivity index is 1.85. The normalized spacial score (nSPS) is 19.2. The number of aliphatic hydroxyl groups excluding tert-OH is 1. The Kier molecular flexibility index (Phi) is 4.85. The summed E-state index contributed by atoms with van der Waals surface area (Å²) >= 11 is 0. The molecule has 2 unspecified atom stereocenters. The quantitative estimate of drug-likeness (QED) is 0.784. The van der Waals surface area contributed by atoms with Crippen molar-refractivity contribution in [3.05, 3.63) is 36.3 Å². The highest BCUT2D eigenvalue weighted by atomic mass is 19.4. The number of anilines is 1. The fourth-order valence-corrected chi connectivity index (χ4v) is 2.51. The van der Waals surface area contributed by atoms with Gasteiger partial charge in [-0.05, 0) is 12.1 Å². The van der Waals surface area contributed by atoms with Crippen LogP contribution in [0.1, 0.15) is 5.69 Å². The molecular weight excluding hydrogens is 373 g/mol. The average molecular weight is 386 g/mol. The third kappa shape index (κ3) is 3.75. The largest absolute Gasteiger partial charge is 0.479 e. The zero-order valence-electron chi connectivity index (χ0n) is 13.5. The summed E-state index contributed by atoms with van der Waals surface area (Å²) in [5, 5.41) is 22.5. The van der Waals surface area contributed by atoms with E-state index in [2.05, 4.69) is 10.1 Å². The molecule has 1 aliphatic rings. The minimum Gasteiger partial charge on any atom is -0.479 e. The van der Waals surface area contributed by atoms with E-state index in [0.717, 1.165) is 21.8 Å². The van der Waals surface area contributed by atoms with Gasteiger partial charge in [-0.3, -0.25) is 14.7 Å². The molecule has 0 aliphatic carbocycles. The van der Waals surface area contributed by atoms with Gasteiger partial charge in [0.05, 0.1) is 18.8 Å². The second-order valence-electron chi connectivity index (χ2n) is 5.58. The van der Waals surface area contributed by atoms with E-state index in [1.807, 2.05) is 0 Å². The zero-order valence-corrected chi connectivity index (χ0v) is 13.5. The van der Waals surface area contributed by atoms with Crippen molar-refractivity contribution in [1.82, 2.24) is 14.8 Å². The number of hydrogen-bond acceptors (Lipinski definition) is 6. The van der Waals surface area contributed by atoms with Crippen LogP contribution < -0.4 is 4.90 Å². The molecule has 0 saturated carbocycles. The van der Waals surface area contributed by atoms with Crippen molar-refractivity contribution >= 4 is 17.7 Å². The van der Waals surface area contributed by atoms with Crippen molar-refractivity contribution in [2.24, 2.45) is 0 Å². The molecule has 144 valence electrons. The fraction of sp³-hybridized carbons (Fsp3) is 0.333. The number of pyridine rings is 1. The molecule has 0 bridgehead atoms. The van der Waals surface area contributed by atoms with Gasteiger partial charge < -0.3 is 14.9 Å². The monoisotopic (exact) mass is 386 g/mol.